The maximum Gasteiger partial charge on any atom is 0.131 e. The molecule has 15 heavy (non-hydrogen) atoms. The molecule has 0 aromatic carbocycles. The van der Waals surface area contributed by atoms with Gasteiger partial charge in [-0.1, -0.05) is 0 Å². The van der Waals surface area contributed by atoms with Crippen molar-refractivity contribution < 1.29 is 0 Å². The molecule has 2 N–H and O–H groups in total. The average Bonchev–Trinajstić information content (AvgIpc) is 3.00. The Morgan fingerprint density at radius 3 is 2.93 bits per heavy atom. The summed E-state index contributed by atoms with van der Waals surface area (Å²) in [5, 5.41) is 0. The van der Waals surface area contributed by atoms with Crippen molar-refractivity contribution in [3.8, 4) is 0 Å². The Hall–Kier alpha value is -0.480. The van der Waals surface area contributed by atoms with Gasteiger partial charge in [-0.25, -0.2) is 9.97 Å². The minimum Gasteiger partial charge on any atom is -0.328 e. The first-order chi connectivity index (χ1) is 7.16. The van der Waals surface area contributed by atoms with Gasteiger partial charge in [-0.05, 0) is 48.5 Å². The van der Waals surface area contributed by atoms with Gasteiger partial charge in [0.25, 0.3) is 0 Å². The molecule has 1 heterocycles. The minimum absolute atomic E-state index is 0.233. The first-order valence-corrected chi connectivity index (χ1v) is 6.23. The van der Waals surface area contributed by atoms with Crippen LogP contribution in [0.2, 0.25) is 0 Å². The van der Waals surface area contributed by atoms with Gasteiger partial charge < -0.3 is 5.73 Å². The molecule has 1 aliphatic carbocycles. The van der Waals surface area contributed by atoms with Gasteiger partial charge in [-0.15, -0.1) is 0 Å². The van der Waals surface area contributed by atoms with Gasteiger partial charge in [0.2, 0.25) is 0 Å². The van der Waals surface area contributed by atoms with Crippen LogP contribution in [0, 0.1) is 0 Å². The Balaban J connectivity index is 2.09. The van der Waals surface area contributed by atoms with E-state index in [2.05, 4.69) is 25.9 Å². The molecule has 4 heteroatoms. The van der Waals surface area contributed by atoms with Gasteiger partial charge >= 0.3 is 0 Å². The highest BCUT2D eigenvalue weighted by molar-refractivity contribution is 9.10. The van der Waals surface area contributed by atoms with E-state index in [0.29, 0.717) is 5.92 Å². The van der Waals surface area contributed by atoms with Crippen LogP contribution in [-0.4, -0.2) is 16.0 Å². The van der Waals surface area contributed by atoms with Crippen molar-refractivity contribution in [1.82, 2.24) is 9.97 Å². The summed E-state index contributed by atoms with van der Waals surface area (Å²) >= 11 is 3.48. The largest absolute Gasteiger partial charge is 0.328 e. The number of aromatic nitrogens is 2. The van der Waals surface area contributed by atoms with Gasteiger partial charge in [0.1, 0.15) is 5.82 Å². The zero-order valence-electron chi connectivity index (χ0n) is 8.91. The summed E-state index contributed by atoms with van der Waals surface area (Å²) in [5.74, 6) is 1.63. The molecule has 3 nitrogen and oxygen atoms in total. The second-order valence-electron chi connectivity index (χ2n) is 4.31. The third kappa shape index (κ3) is 2.98. The van der Waals surface area contributed by atoms with Crippen molar-refractivity contribution >= 4 is 15.9 Å². The van der Waals surface area contributed by atoms with Gasteiger partial charge in [0, 0.05) is 18.2 Å². The van der Waals surface area contributed by atoms with Gasteiger partial charge in [0.15, 0.2) is 0 Å². The average molecular weight is 270 g/mol. The molecule has 1 atom stereocenters. The zero-order valence-corrected chi connectivity index (χ0v) is 10.5. The molecule has 0 aliphatic heterocycles. The molecular formula is C11H16BrN3. The van der Waals surface area contributed by atoms with Crippen LogP contribution in [0.3, 0.4) is 0 Å². The second-order valence-corrected chi connectivity index (χ2v) is 5.17. The van der Waals surface area contributed by atoms with Crippen LogP contribution in [0.25, 0.3) is 0 Å². The van der Waals surface area contributed by atoms with E-state index in [4.69, 9.17) is 5.73 Å². The number of hydrogen-bond acceptors (Lipinski definition) is 3. The van der Waals surface area contributed by atoms with Crippen LogP contribution in [0.1, 0.15) is 43.6 Å². The number of hydrogen-bond donors (Lipinski definition) is 1. The molecule has 1 aliphatic rings. The SMILES string of the molecule is C[C@@H](N)CCc1nc(C2CC2)ncc1Br. The Morgan fingerprint density at radius 2 is 2.33 bits per heavy atom. The lowest BCUT2D eigenvalue weighted by Crippen LogP contribution is -2.16. The Labute approximate surface area is 98.6 Å². The van der Waals surface area contributed by atoms with Crippen LogP contribution in [0.5, 0.6) is 0 Å². The van der Waals surface area contributed by atoms with E-state index in [1.54, 1.807) is 0 Å². The third-order valence-electron chi connectivity index (χ3n) is 2.61. The quantitative estimate of drug-likeness (QED) is 0.914. The lowest BCUT2D eigenvalue weighted by Gasteiger charge is -2.07. The standard InChI is InChI=1S/C11H16BrN3/c1-7(13)2-5-10-9(12)6-14-11(15-10)8-3-4-8/h6-8H,2-5,13H2,1H3/t7-/m1/s1. The monoisotopic (exact) mass is 269 g/mol. The van der Waals surface area contributed by atoms with Crippen molar-refractivity contribution in [2.45, 2.75) is 44.6 Å². The summed E-state index contributed by atoms with van der Waals surface area (Å²) in [4.78, 5) is 8.93. The topological polar surface area (TPSA) is 51.8 Å². The Bertz CT molecular complexity index is 348. The number of nitrogens with two attached hydrogens (primary N) is 1. The minimum atomic E-state index is 0.233. The van der Waals surface area contributed by atoms with Crippen molar-refractivity contribution in [2.75, 3.05) is 0 Å². The highest BCUT2D eigenvalue weighted by atomic mass is 79.9. The molecule has 1 aromatic heterocycles. The van der Waals surface area contributed by atoms with E-state index < -0.39 is 0 Å². The first-order valence-electron chi connectivity index (χ1n) is 5.43. The predicted molar refractivity (Wildman–Crippen MR) is 63.7 cm³/mol. The Kier molecular flexibility index (Phi) is 3.36. The molecule has 0 unspecified atom stereocenters. The maximum absolute atomic E-state index is 5.74. The van der Waals surface area contributed by atoms with Crippen molar-refractivity contribution in [3.63, 3.8) is 0 Å². The maximum atomic E-state index is 5.74. The lowest BCUT2D eigenvalue weighted by atomic mass is 10.1. The number of aryl methyl sites for hydroxylation is 1. The highest BCUT2D eigenvalue weighted by Gasteiger charge is 2.26. The van der Waals surface area contributed by atoms with Crippen molar-refractivity contribution in [3.05, 3.63) is 22.2 Å². The molecule has 0 bridgehead atoms. The normalized spacial score (nSPS) is 17.8. The Morgan fingerprint density at radius 1 is 1.60 bits per heavy atom. The smallest absolute Gasteiger partial charge is 0.131 e. The fourth-order valence-electron chi connectivity index (χ4n) is 1.50. The third-order valence-corrected chi connectivity index (χ3v) is 3.28. The second kappa shape index (κ2) is 4.58. The van der Waals surface area contributed by atoms with E-state index in [1.165, 1.54) is 12.8 Å². The van der Waals surface area contributed by atoms with E-state index in [-0.39, 0.29) is 6.04 Å². The fraction of sp³-hybridized carbons (Fsp3) is 0.636. The molecule has 2 rings (SSSR count). The number of rotatable bonds is 4. The van der Waals surface area contributed by atoms with Crippen LogP contribution in [-0.2, 0) is 6.42 Å². The van der Waals surface area contributed by atoms with Gasteiger partial charge in [-0.2, -0.15) is 0 Å². The summed E-state index contributed by atoms with van der Waals surface area (Å²) in [6.07, 6.45) is 6.26. The molecule has 0 spiro atoms. The summed E-state index contributed by atoms with van der Waals surface area (Å²) < 4.78 is 1.01. The molecule has 0 saturated heterocycles. The van der Waals surface area contributed by atoms with Crippen molar-refractivity contribution in [2.24, 2.45) is 5.73 Å². The molecular weight excluding hydrogens is 254 g/mol. The summed E-state index contributed by atoms with van der Waals surface area (Å²) in [5.41, 5.74) is 6.84. The first kappa shape index (κ1) is 11.0. The zero-order chi connectivity index (χ0) is 10.8. The summed E-state index contributed by atoms with van der Waals surface area (Å²) in [6.45, 7) is 2.02. The molecule has 1 fully saturated rings. The molecule has 1 aromatic rings. The van der Waals surface area contributed by atoms with E-state index in [0.717, 1.165) is 28.8 Å². The van der Waals surface area contributed by atoms with E-state index in [1.807, 2.05) is 13.1 Å². The number of halogens is 1. The van der Waals surface area contributed by atoms with Crippen LogP contribution < -0.4 is 5.73 Å². The molecule has 0 radical (unpaired) electrons. The van der Waals surface area contributed by atoms with Crippen LogP contribution >= 0.6 is 15.9 Å². The predicted octanol–water partition coefficient (Wildman–Crippen LogP) is 2.40. The van der Waals surface area contributed by atoms with Gasteiger partial charge in [-0.3, -0.25) is 0 Å². The molecule has 0 amide bonds. The fourth-order valence-corrected chi connectivity index (χ4v) is 1.89. The summed E-state index contributed by atoms with van der Waals surface area (Å²) in [6, 6.07) is 0.233. The van der Waals surface area contributed by atoms with Gasteiger partial charge in [0.05, 0.1) is 10.2 Å². The van der Waals surface area contributed by atoms with Crippen molar-refractivity contribution in [1.29, 1.82) is 0 Å². The molecule has 1 saturated carbocycles. The van der Waals surface area contributed by atoms with Crippen LogP contribution in [0.4, 0.5) is 0 Å². The summed E-state index contributed by atoms with van der Waals surface area (Å²) in [7, 11) is 0. The number of nitrogens with zero attached hydrogens (tertiary/aromatic N) is 2. The lowest BCUT2D eigenvalue weighted by molar-refractivity contribution is 0.652. The van der Waals surface area contributed by atoms with E-state index in [9.17, 15) is 0 Å². The molecule has 82 valence electrons. The van der Waals surface area contributed by atoms with E-state index >= 15 is 0 Å². The highest BCUT2D eigenvalue weighted by Crippen LogP contribution is 2.38. The van der Waals surface area contributed by atoms with Crippen LogP contribution in [0.15, 0.2) is 10.7 Å².